The van der Waals surface area contributed by atoms with Gasteiger partial charge in [0.25, 0.3) is 0 Å². The Morgan fingerprint density at radius 2 is 2.16 bits per heavy atom. The predicted molar refractivity (Wildman–Crippen MR) is 74.2 cm³/mol. The van der Waals surface area contributed by atoms with E-state index in [1.54, 1.807) is 0 Å². The summed E-state index contributed by atoms with van der Waals surface area (Å²) in [5.74, 6) is 0.748. The molecule has 0 radical (unpaired) electrons. The van der Waals surface area contributed by atoms with Crippen molar-refractivity contribution in [3.05, 3.63) is 0 Å². The summed E-state index contributed by atoms with van der Waals surface area (Å²) in [6, 6.07) is 0. The molecule has 3 heterocycles. The fourth-order valence-corrected chi connectivity index (χ4v) is 3.22. The minimum atomic E-state index is -0.124. The highest BCUT2D eigenvalue weighted by Gasteiger charge is 2.39. The van der Waals surface area contributed by atoms with Gasteiger partial charge in [-0.15, -0.1) is 0 Å². The van der Waals surface area contributed by atoms with Gasteiger partial charge in [-0.1, -0.05) is 6.42 Å². The molecule has 3 aliphatic heterocycles. The van der Waals surface area contributed by atoms with Crippen molar-refractivity contribution >= 4 is 5.90 Å². The monoisotopic (exact) mass is 267 g/mol. The van der Waals surface area contributed by atoms with Gasteiger partial charge in [-0.2, -0.15) is 0 Å². The lowest BCUT2D eigenvalue weighted by Gasteiger charge is -2.35. The third-order valence-electron chi connectivity index (χ3n) is 4.44. The second-order valence-electron chi connectivity index (χ2n) is 6.16. The van der Waals surface area contributed by atoms with Crippen LogP contribution in [0.1, 0.15) is 39.0 Å². The molecule has 2 fully saturated rings. The zero-order valence-electron chi connectivity index (χ0n) is 11.9. The number of nitrogens with zero attached hydrogens (tertiary/aromatic N) is 2. The third-order valence-corrected chi connectivity index (χ3v) is 4.44. The van der Waals surface area contributed by atoms with Crippen molar-refractivity contribution in [2.24, 2.45) is 5.16 Å². The largest absolute Gasteiger partial charge is 0.469 e. The van der Waals surface area contributed by atoms with Crippen molar-refractivity contribution in [1.29, 1.82) is 0 Å². The molecule has 3 rings (SSSR count). The number of likely N-dealkylation sites (tertiary alicyclic amines) is 1. The first-order valence-electron chi connectivity index (χ1n) is 7.61. The van der Waals surface area contributed by atoms with Gasteiger partial charge >= 0.3 is 0 Å². The Hall–Kier alpha value is -0.810. The van der Waals surface area contributed by atoms with E-state index < -0.39 is 0 Å². The molecular formula is C14H25N3O2. The van der Waals surface area contributed by atoms with Gasteiger partial charge in [0, 0.05) is 6.54 Å². The quantitative estimate of drug-likeness (QED) is 0.838. The molecule has 0 aromatic heterocycles. The van der Waals surface area contributed by atoms with Crippen LogP contribution in [0.4, 0.5) is 0 Å². The first-order chi connectivity index (χ1) is 9.26. The van der Waals surface area contributed by atoms with E-state index in [-0.39, 0.29) is 11.6 Å². The van der Waals surface area contributed by atoms with Crippen LogP contribution in [0.15, 0.2) is 5.16 Å². The van der Waals surface area contributed by atoms with E-state index in [1.165, 1.54) is 38.8 Å². The average Bonchev–Trinajstić information content (AvgIpc) is 2.89. The molecule has 0 aromatic carbocycles. The van der Waals surface area contributed by atoms with E-state index in [9.17, 15) is 0 Å². The zero-order chi connectivity index (χ0) is 13.1. The SMILES string of the molecule is CC1(C2=NOCC(CN3CCCCC3)O2)CCCN1. The first kappa shape index (κ1) is 13.2. The fourth-order valence-electron chi connectivity index (χ4n) is 3.22. The van der Waals surface area contributed by atoms with E-state index in [2.05, 4.69) is 22.3 Å². The molecule has 0 saturated carbocycles. The fraction of sp³-hybridized carbons (Fsp3) is 0.929. The van der Waals surface area contributed by atoms with Crippen molar-refractivity contribution in [2.45, 2.75) is 50.7 Å². The molecule has 2 saturated heterocycles. The van der Waals surface area contributed by atoms with E-state index in [0.29, 0.717) is 6.61 Å². The van der Waals surface area contributed by atoms with Crippen LogP contribution in [0.5, 0.6) is 0 Å². The van der Waals surface area contributed by atoms with Gasteiger partial charge in [-0.25, -0.2) is 0 Å². The van der Waals surface area contributed by atoms with Crippen LogP contribution in [0.2, 0.25) is 0 Å². The Morgan fingerprint density at radius 1 is 1.32 bits per heavy atom. The van der Waals surface area contributed by atoms with Crippen LogP contribution in [0, 0.1) is 0 Å². The number of oxime groups is 1. The van der Waals surface area contributed by atoms with Crippen LogP contribution in [0.3, 0.4) is 0 Å². The van der Waals surface area contributed by atoms with E-state index in [4.69, 9.17) is 9.57 Å². The summed E-state index contributed by atoms with van der Waals surface area (Å²) in [5.41, 5.74) is -0.124. The maximum Gasteiger partial charge on any atom is 0.246 e. The van der Waals surface area contributed by atoms with Gasteiger partial charge in [0.1, 0.15) is 6.10 Å². The van der Waals surface area contributed by atoms with Crippen molar-refractivity contribution in [3.63, 3.8) is 0 Å². The maximum absolute atomic E-state index is 6.10. The molecule has 0 bridgehead atoms. The van der Waals surface area contributed by atoms with Crippen molar-refractivity contribution in [2.75, 3.05) is 32.8 Å². The topological polar surface area (TPSA) is 46.1 Å². The van der Waals surface area contributed by atoms with E-state index in [0.717, 1.165) is 25.4 Å². The summed E-state index contributed by atoms with van der Waals surface area (Å²) >= 11 is 0. The number of rotatable bonds is 3. The normalized spacial score (nSPS) is 36.5. The number of nitrogens with one attached hydrogen (secondary N) is 1. The van der Waals surface area contributed by atoms with E-state index in [1.807, 2.05) is 0 Å². The van der Waals surface area contributed by atoms with Gasteiger partial charge in [0.05, 0.1) is 5.54 Å². The molecule has 1 N–H and O–H groups in total. The van der Waals surface area contributed by atoms with Crippen molar-refractivity contribution in [1.82, 2.24) is 10.2 Å². The number of hydrogen-bond acceptors (Lipinski definition) is 5. The van der Waals surface area contributed by atoms with Gasteiger partial charge in [0.15, 0.2) is 6.61 Å². The summed E-state index contributed by atoms with van der Waals surface area (Å²) in [6.07, 6.45) is 6.38. The Kier molecular flexibility index (Phi) is 3.93. The number of ether oxygens (including phenoxy) is 1. The van der Waals surface area contributed by atoms with Crippen molar-refractivity contribution < 1.29 is 9.57 Å². The van der Waals surface area contributed by atoms with E-state index >= 15 is 0 Å². The molecular weight excluding hydrogens is 242 g/mol. The molecule has 0 spiro atoms. The highest BCUT2D eigenvalue weighted by atomic mass is 16.7. The summed E-state index contributed by atoms with van der Waals surface area (Å²) < 4.78 is 6.10. The molecule has 0 amide bonds. The maximum atomic E-state index is 6.10. The highest BCUT2D eigenvalue weighted by molar-refractivity contribution is 5.86. The van der Waals surface area contributed by atoms with Crippen LogP contribution in [-0.2, 0) is 9.57 Å². The molecule has 5 nitrogen and oxygen atoms in total. The Bertz CT molecular complexity index is 334. The second kappa shape index (κ2) is 5.67. The van der Waals surface area contributed by atoms with Gasteiger partial charge in [-0.3, -0.25) is 4.90 Å². The summed E-state index contributed by atoms with van der Waals surface area (Å²) in [5, 5.41) is 7.62. The number of piperidine rings is 1. The molecule has 2 unspecified atom stereocenters. The van der Waals surface area contributed by atoms with Gasteiger partial charge < -0.3 is 14.9 Å². The first-order valence-corrected chi connectivity index (χ1v) is 7.61. The average molecular weight is 267 g/mol. The van der Waals surface area contributed by atoms with Gasteiger partial charge in [0.2, 0.25) is 5.90 Å². The molecule has 2 atom stereocenters. The molecule has 0 aromatic rings. The number of hydrogen-bond donors (Lipinski definition) is 1. The molecule has 5 heteroatoms. The standard InChI is InChI=1S/C14H25N3O2/c1-14(6-5-7-15-14)13-16-18-11-12(19-13)10-17-8-3-2-4-9-17/h12,15H,2-11H2,1H3. The molecule has 19 heavy (non-hydrogen) atoms. The minimum Gasteiger partial charge on any atom is -0.469 e. The lowest BCUT2D eigenvalue weighted by atomic mass is 10.00. The Balaban J connectivity index is 1.56. The lowest BCUT2D eigenvalue weighted by molar-refractivity contribution is -0.0169. The second-order valence-corrected chi connectivity index (χ2v) is 6.16. The minimum absolute atomic E-state index is 0.124. The van der Waals surface area contributed by atoms with Crippen LogP contribution < -0.4 is 5.32 Å². The third kappa shape index (κ3) is 3.03. The van der Waals surface area contributed by atoms with Crippen molar-refractivity contribution in [3.8, 4) is 0 Å². The Morgan fingerprint density at radius 3 is 2.89 bits per heavy atom. The predicted octanol–water partition coefficient (Wildman–Crippen LogP) is 1.34. The smallest absolute Gasteiger partial charge is 0.246 e. The molecule has 108 valence electrons. The Labute approximate surface area is 115 Å². The summed E-state index contributed by atoms with van der Waals surface area (Å²) in [4.78, 5) is 7.90. The van der Waals surface area contributed by atoms with Gasteiger partial charge in [-0.05, 0) is 57.4 Å². The van der Waals surface area contributed by atoms with Crippen LogP contribution in [0.25, 0.3) is 0 Å². The zero-order valence-corrected chi connectivity index (χ0v) is 11.9. The molecule has 0 aliphatic carbocycles. The van der Waals surface area contributed by atoms with Crippen LogP contribution >= 0.6 is 0 Å². The summed E-state index contributed by atoms with van der Waals surface area (Å²) in [7, 11) is 0. The lowest BCUT2D eigenvalue weighted by Crippen LogP contribution is -2.51. The highest BCUT2D eigenvalue weighted by Crippen LogP contribution is 2.24. The molecule has 3 aliphatic rings. The van der Waals surface area contributed by atoms with Crippen LogP contribution in [-0.4, -0.2) is 55.2 Å². The summed E-state index contributed by atoms with van der Waals surface area (Å²) in [6.45, 7) is 7.13.